The van der Waals surface area contributed by atoms with E-state index in [0.29, 0.717) is 18.5 Å². The summed E-state index contributed by atoms with van der Waals surface area (Å²) in [5, 5.41) is 2.87. The maximum Gasteiger partial charge on any atom is 0.252 e. The molecule has 2 rings (SSSR count). The Bertz CT molecular complexity index is 673. The molecular weight excluding hydrogens is 401 g/mol. The quantitative estimate of drug-likeness (QED) is 0.776. The van der Waals surface area contributed by atoms with Crippen LogP contribution in [0.5, 0.6) is 0 Å². The van der Waals surface area contributed by atoms with Crippen molar-refractivity contribution in [1.29, 1.82) is 0 Å². The number of nitrogens with one attached hydrogen (secondary N) is 1. The zero-order valence-electron chi connectivity index (χ0n) is 11.4. The minimum absolute atomic E-state index is 0.136. The van der Waals surface area contributed by atoms with Crippen LogP contribution in [0.25, 0.3) is 0 Å². The molecule has 0 radical (unpaired) electrons. The molecule has 0 saturated heterocycles. The van der Waals surface area contributed by atoms with Crippen molar-refractivity contribution in [2.24, 2.45) is 0 Å². The number of aryl methyl sites for hydroxylation is 1. The number of hydrogen-bond acceptors (Lipinski definition) is 1. The fraction of sp³-hybridized carbons (Fsp3) is 0.188. The van der Waals surface area contributed by atoms with Gasteiger partial charge >= 0.3 is 0 Å². The second-order valence-corrected chi connectivity index (χ2v) is 6.47. The van der Waals surface area contributed by atoms with Gasteiger partial charge in [0.15, 0.2) is 0 Å². The largest absolute Gasteiger partial charge is 0.352 e. The molecule has 2 nitrogen and oxygen atoms in total. The van der Waals surface area contributed by atoms with E-state index in [1.165, 1.54) is 12.1 Å². The Morgan fingerprint density at radius 2 is 1.95 bits per heavy atom. The first-order chi connectivity index (χ1) is 9.97. The van der Waals surface area contributed by atoms with Gasteiger partial charge in [0.2, 0.25) is 0 Å². The first-order valence-electron chi connectivity index (χ1n) is 6.45. The number of benzene rings is 2. The van der Waals surface area contributed by atoms with Crippen molar-refractivity contribution in [3.8, 4) is 0 Å². The van der Waals surface area contributed by atoms with Crippen LogP contribution in [0, 0.1) is 12.7 Å². The lowest BCUT2D eigenvalue weighted by atomic mass is 10.1. The molecule has 1 N–H and O–H groups in total. The molecule has 0 bridgehead atoms. The summed E-state index contributed by atoms with van der Waals surface area (Å²) in [4.78, 5) is 12.1. The Labute approximate surface area is 140 Å². The summed E-state index contributed by atoms with van der Waals surface area (Å²) in [5.41, 5.74) is 2.51. The van der Waals surface area contributed by atoms with Crippen LogP contribution in [0.2, 0.25) is 0 Å². The molecule has 0 aliphatic heterocycles. The average molecular weight is 415 g/mol. The summed E-state index contributed by atoms with van der Waals surface area (Å²) in [6, 6.07) is 10.2. The summed E-state index contributed by atoms with van der Waals surface area (Å²) in [5.74, 6) is -0.374. The van der Waals surface area contributed by atoms with Crippen molar-refractivity contribution in [2.75, 3.05) is 6.54 Å². The Kier molecular flexibility index (Phi) is 5.53. The van der Waals surface area contributed by atoms with E-state index >= 15 is 0 Å². The van der Waals surface area contributed by atoms with Crippen molar-refractivity contribution < 1.29 is 9.18 Å². The first-order valence-corrected chi connectivity index (χ1v) is 8.04. The van der Waals surface area contributed by atoms with E-state index in [-0.39, 0.29) is 11.7 Å². The van der Waals surface area contributed by atoms with Crippen LogP contribution in [0.15, 0.2) is 45.3 Å². The number of rotatable bonds is 4. The average Bonchev–Trinajstić information content (AvgIpc) is 2.43. The van der Waals surface area contributed by atoms with Crippen molar-refractivity contribution in [3.63, 3.8) is 0 Å². The zero-order valence-corrected chi connectivity index (χ0v) is 14.6. The maximum absolute atomic E-state index is 13.0. The zero-order chi connectivity index (χ0) is 15.4. The summed E-state index contributed by atoms with van der Waals surface area (Å²) in [7, 11) is 0. The smallest absolute Gasteiger partial charge is 0.252 e. The highest BCUT2D eigenvalue weighted by atomic mass is 79.9. The molecule has 0 unspecified atom stereocenters. The molecule has 21 heavy (non-hydrogen) atoms. The van der Waals surface area contributed by atoms with E-state index in [1.54, 1.807) is 12.1 Å². The molecule has 1 amide bonds. The van der Waals surface area contributed by atoms with Crippen molar-refractivity contribution in [2.45, 2.75) is 13.3 Å². The molecule has 2 aromatic rings. The van der Waals surface area contributed by atoms with Crippen molar-refractivity contribution in [1.82, 2.24) is 5.32 Å². The van der Waals surface area contributed by atoms with E-state index < -0.39 is 0 Å². The molecule has 0 spiro atoms. The lowest BCUT2D eigenvalue weighted by Gasteiger charge is -2.09. The van der Waals surface area contributed by atoms with Gasteiger partial charge in [0, 0.05) is 15.5 Å². The van der Waals surface area contributed by atoms with Crippen molar-refractivity contribution in [3.05, 3.63) is 67.9 Å². The van der Waals surface area contributed by atoms with Gasteiger partial charge in [0.05, 0.1) is 5.56 Å². The van der Waals surface area contributed by atoms with Gasteiger partial charge in [-0.05, 0) is 70.7 Å². The standard InChI is InChI=1S/C16H14Br2FNO/c1-10-8-13(19)4-2-11(10)6-7-20-16(21)14-9-12(17)3-5-15(14)18/h2-5,8-9H,6-7H2,1H3,(H,20,21). The molecule has 5 heteroatoms. The molecule has 2 aromatic carbocycles. The van der Waals surface area contributed by atoms with Gasteiger partial charge in [-0.25, -0.2) is 4.39 Å². The maximum atomic E-state index is 13.0. The Morgan fingerprint density at radius 3 is 2.67 bits per heavy atom. The normalized spacial score (nSPS) is 10.5. The molecule has 0 aliphatic rings. The summed E-state index contributed by atoms with van der Waals surface area (Å²) in [6.45, 7) is 2.37. The van der Waals surface area contributed by atoms with Gasteiger partial charge in [-0.1, -0.05) is 22.0 Å². The van der Waals surface area contributed by atoms with Gasteiger partial charge < -0.3 is 5.32 Å². The third kappa shape index (κ3) is 4.38. The van der Waals surface area contributed by atoms with Crippen LogP contribution in [0.4, 0.5) is 4.39 Å². The first kappa shape index (κ1) is 16.2. The van der Waals surface area contributed by atoms with Crippen LogP contribution >= 0.6 is 31.9 Å². The summed E-state index contributed by atoms with van der Waals surface area (Å²) >= 11 is 6.71. The van der Waals surface area contributed by atoms with Gasteiger partial charge in [-0.2, -0.15) is 0 Å². The Balaban J connectivity index is 1.97. The summed E-state index contributed by atoms with van der Waals surface area (Å²) in [6.07, 6.45) is 0.670. The molecule has 0 aliphatic carbocycles. The molecule has 0 aromatic heterocycles. The highest BCUT2D eigenvalue weighted by molar-refractivity contribution is 9.11. The minimum Gasteiger partial charge on any atom is -0.352 e. The topological polar surface area (TPSA) is 29.1 Å². The Hall–Kier alpha value is -1.20. The highest BCUT2D eigenvalue weighted by Gasteiger charge is 2.10. The van der Waals surface area contributed by atoms with E-state index in [2.05, 4.69) is 37.2 Å². The van der Waals surface area contributed by atoms with Gasteiger partial charge in [0.25, 0.3) is 5.91 Å². The van der Waals surface area contributed by atoms with Crippen LogP contribution in [0.1, 0.15) is 21.5 Å². The van der Waals surface area contributed by atoms with E-state index in [1.807, 2.05) is 19.1 Å². The van der Waals surface area contributed by atoms with Crippen molar-refractivity contribution >= 4 is 37.8 Å². The molecular formula is C16H14Br2FNO. The Morgan fingerprint density at radius 1 is 1.19 bits per heavy atom. The molecule has 0 saturated carbocycles. The number of carbonyl (C=O) groups excluding carboxylic acids is 1. The van der Waals surface area contributed by atoms with E-state index in [4.69, 9.17) is 0 Å². The van der Waals surface area contributed by atoms with E-state index in [0.717, 1.165) is 20.1 Å². The monoisotopic (exact) mass is 413 g/mol. The number of amides is 1. The predicted molar refractivity (Wildman–Crippen MR) is 89.0 cm³/mol. The van der Waals surface area contributed by atoms with Gasteiger partial charge in [0.1, 0.15) is 5.82 Å². The third-order valence-electron chi connectivity index (χ3n) is 3.16. The SMILES string of the molecule is Cc1cc(F)ccc1CCNC(=O)c1cc(Br)ccc1Br. The lowest BCUT2D eigenvalue weighted by Crippen LogP contribution is -2.26. The van der Waals surface area contributed by atoms with E-state index in [9.17, 15) is 9.18 Å². The second-order valence-electron chi connectivity index (χ2n) is 4.70. The van der Waals surface area contributed by atoms with Crippen LogP contribution in [-0.4, -0.2) is 12.5 Å². The predicted octanol–water partition coefficient (Wildman–Crippen LogP) is 4.63. The lowest BCUT2D eigenvalue weighted by molar-refractivity contribution is 0.0953. The molecule has 0 fully saturated rings. The number of halogens is 3. The van der Waals surface area contributed by atoms with Gasteiger partial charge in [-0.3, -0.25) is 4.79 Å². The highest BCUT2D eigenvalue weighted by Crippen LogP contribution is 2.21. The fourth-order valence-electron chi connectivity index (χ4n) is 2.02. The van der Waals surface area contributed by atoms with Crippen LogP contribution in [-0.2, 0) is 6.42 Å². The molecule has 110 valence electrons. The number of carbonyl (C=O) groups is 1. The minimum atomic E-state index is -0.238. The fourth-order valence-corrected chi connectivity index (χ4v) is 2.80. The number of hydrogen-bond donors (Lipinski definition) is 1. The van der Waals surface area contributed by atoms with Gasteiger partial charge in [-0.15, -0.1) is 0 Å². The molecule has 0 atom stereocenters. The molecule has 0 heterocycles. The van der Waals surface area contributed by atoms with Crippen LogP contribution in [0.3, 0.4) is 0 Å². The summed E-state index contributed by atoms with van der Waals surface area (Å²) < 4.78 is 14.6. The second kappa shape index (κ2) is 7.18. The van der Waals surface area contributed by atoms with Crippen LogP contribution < -0.4 is 5.32 Å². The third-order valence-corrected chi connectivity index (χ3v) is 4.34.